The minimum atomic E-state index is -1.68. The van der Waals surface area contributed by atoms with E-state index in [4.69, 9.17) is 14.2 Å². The van der Waals surface area contributed by atoms with Gasteiger partial charge in [-0.1, -0.05) is 12.1 Å². The molecule has 2 fully saturated rings. The Hall–Kier alpha value is -2.63. The van der Waals surface area contributed by atoms with Gasteiger partial charge >= 0.3 is 5.97 Å². The molecule has 0 aromatic heterocycles. The van der Waals surface area contributed by atoms with E-state index in [1.807, 2.05) is 24.3 Å². The van der Waals surface area contributed by atoms with Crippen LogP contribution in [0.25, 0.3) is 0 Å². The fraction of sp³-hybridized carbons (Fsp3) is 0.519. The van der Waals surface area contributed by atoms with Crippen LogP contribution in [0.2, 0.25) is 0 Å². The topological polar surface area (TPSA) is 44.8 Å². The van der Waals surface area contributed by atoms with Gasteiger partial charge in [-0.05, 0) is 92.2 Å². The van der Waals surface area contributed by atoms with Gasteiger partial charge in [0.1, 0.15) is 23.0 Å². The van der Waals surface area contributed by atoms with Crippen LogP contribution < -0.4 is 9.47 Å². The smallest absolute Gasteiger partial charge is 0.306 e. The van der Waals surface area contributed by atoms with E-state index in [-0.39, 0.29) is 36.2 Å². The molecule has 2 aromatic rings. The lowest BCUT2D eigenvalue weighted by Crippen LogP contribution is -2.30. The molecule has 0 unspecified atom stereocenters. The third-order valence-electron chi connectivity index (χ3n) is 7.13. The number of methoxy groups -OCH3 is 2. The van der Waals surface area contributed by atoms with Crippen LogP contribution >= 0.6 is 0 Å². The summed E-state index contributed by atoms with van der Waals surface area (Å²) in [7, 11) is 2.91. The minimum Gasteiger partial charge on any atom is -0.497 e. The predicted molar refractivity (Wildman–Crippen MR) is 122 cm³/mol. The molecule has 0 radical (unpaired) electrons. The second-order valence-corrected chi connectivity index (χ2v) is 9.36. The van der Waals surface area contributed by atoms with Crippen LogP contribution in [-0.4, -0.2) is 26.8 Å². The van der Waals surface area contributed by atoms with Gasteiger partial charge in [0.05, 0.1) is 27.2 Å². The second-order valence-electron chi connectivity index (χ2n) is 9.36. The van der Waals surface area contributed by atoms with Crippen LogP contribution in [0.15, 0.2) is 42.5 Å². The summed E-state index contributed by atoms with van der Waals surface area (Å²) < 4.78 is 46.0. The van der Waals surface area contributed by atoms with Gasteiger partial charge < -0.3 is 14.2 Å². The Bertz CT molecular complexity index is 964. The highest BCUT2D eigenvalue weighted by atomic mass is 19.1. The zero-order chi connectivity index (χ0) is 23.4. The van der Waals surface area contributed by atoms with Gasteiger partial charge in [-0.3, -0.25) is 4.79 Å². The lowest BCUT2D eigenvalue weighted by atomic mass is 9.76. The first kappa shape index (κ1) is 23.5. The van der Waals surface area contributed by atoms with E-state index in [2.05, 4.69) is 0 Å². The van der Waals surface area contributed by atoms with E-state index in [0.29, 0.717) is 37.5 Å². The summed E-state index contributed by atoms with van der Waals surface area (Å²) in [6.45, 7) is 0.491. The Morgan fingerprint density at radius 2 is 1.82 bits per heavy atom. The molecule has 33 heavy (non-hydrogen) atoms. The van der Waals surface area contributed by atoms with Crippen LogP contribution in [0, 0.1) is 17.7 Å². The highest BCUT2D eigenvalue weighted by Gasteiger charge is 2.39. The molecule has 2 aliphatic carbocycles. The molecule has 0 heterocycles. The van der Waals surface area contributed by atoms with Crippen molar-refractivity contribution in [2.75, 3.05) is 20.8 Å². The standard InChI is InChI=1S/C27H32F2O4/c1-31-21-8-9-25(28)24(15-21)27(29)12-10-18(11-13-27)17-33-22-5-3-4-20(14-22)23(19-6-7-19)16-26(30)32-2/h3-5,8-9,14-15,18-19,23H,6-7,10-13,16-17H2,1-2H3/t18-,23-,27+/m0/s1. The molecule has 0 saturated heterocycles. The first-order chi connectivity index (χ1) is 15.9. The Morgan fingerprint density at radius 1 is 1.06 bits per heavy atom. The van der Waals surface area contributed by atoms with Crippen molar-refractivity contribution in [3.05, 3.63) is 59.4 Å². The number of hydrogen-bond donors (Lipinski definition) is 0. The molecule has 0 N–H and O–H groups in total. The molecular formula is C27H32F2O4. The average molecular weight is 459 g/mol. The van der Waals surface area contributed by atoms with Crippen LogP contribution in [0.1, 0.15) is 62.0 Å². The SMILES string of the molecule is COC(=O)C[C@H](c1cccc(OC[C@H]2CC[C@](F)(c3cc(OC)ccc3F)CC2)c1)C1CC1. The Balaban J connectivity index is 1.35. The Kier molecular flexibility index (Phi) is 7.20. The number of carbonyl (C=O) groups excluding carboxylic acids is 1. The van der Waals surface area contributed by atoms with E-state index in [0.717, 1.165) is 24.2 Å². The van der Waals surface area contributed by atoms with E-state index < -0.39 is 11.5 Å². The molecule has 178 valence electrons. The molecule has 0 aliphatic heterocycles. The van der Waals surface area contributed by atoms with Crippen molar-refractivity contribution in [3.63, 3.8) is 0 Å². The molecule has 0 bridgehead atoms. The average Bonchev–Trinajstić information content (AvgIpc) is 3.68. The van der Waals surface area contributed by atoms with Gasteiger partial charge in [0.15, 0.2) is 0 Å². The lowest BCUT2D eigenvalue weighted by Gasteiger charge is -2.34. The third-order valence-corrected chi connectivity index (χ3v) is 7.13. The zero-order valence-electron chi connectivity index (χ0n) is 19.3. The van der Waals surface area contributed by atoms with Gasteiger partial charge in [-0.2, -0.15) is 0 Å². The van der Waals surface area contributed by atoms with Gasteiger partial charge in [-0.15, -0.1) is 0 Å². The van der Waals surface area contributed by atoms with Crippen molar-refractivity contribution in [3.8, 4) is 11.5 Å². The molecular weight excluding hydrogens is 426 g/mol. The minimum absolute atomic E-state index is 0.0886. The third kappa shape index (κ3) is 5.66. The summed E-state index contributed by atoms with van der Waals surface area (Å²) in [6.07, 6.45) is 4.41. The quantitative estimate of drug-likeness (QED) is 0.412. The molecule has 6 heteroatoms. The monoisotopic (exact) mass is 458 g/mol. The predicted octanol–water partition coefficient (Wildman–Crippen LogP) is 6.33. The number of halogens is 2. The highest BCUT2D eigenvalue weighted by Crippen LogP contribution is 2.46. The molecule has 0 amide bonds. The molecule has 2 aliphatic rings. The summed E-state index contributed by atoms with van der Waals surface area (Å²) >= 11 is 0. The maximum absolute atomic E-state index is 15.6. The molecule has 4 rings (SSSR count). The normalized spacial score (nSPS) is 23.6. The first-order valence-corrected chi connectivity index (χ1v) is 11.7. The number of esters is 1. The lowest BCUT2D eigenvalue weighted by molar-refractivity contribution is -0.141. The zero-order valence-corrected chi connectivity index (χ0v) is 19.3. The van der Waals surface area contributed by atoms with Crippen LogP contribution in [0.5, 0.6) is 11.5 Å². The summed E-state index contributed by atoms with van der Waals surface area (Å²) in [5, 5.41) is 0. The summed E-state index contributed by atoms with van der Waals surface area (Å²) in [4.78, 5) is 11.8. The van der Waals surface area contributed by atoms with Crippen molar-refractivity contribution in [1.29, 1.82) is 0 Å². The van der Waals surface area contributed by atoms with Gasteiger partial charge in [0.25, 0.3) is 0 Å². The number of rotatable bonds is 9. The largest absolute Gasteiger partial charge is 0.497 e. The van der Waals surface area contributed by atoms with Crippen molar-refractivity contribution >= 4 is 5.97 Å². The van der Waals surface area contributed by atoms with E-state index in [9.17, 15) is 9.18 Å². The highest BCUT2D eigenvalue weighted by molar-refractivity contribution is 5.70. The Morgan fingerprint density at radius 3 is 2.48 bits per heavy atom. The van der Waals surface area contributed by atoms with Gasteiger partial charge in [-0.25, -0.2) is 8.78 Å². The van der Waals surface area contributed by atoms with Crippen molar-refractivity contribution in [2.45, 2.75) is 56.5 Å². The molecule has 1 atom stereocenters. The van der Waals surface area contributed by atoms with Gasteiger partial charge in [0, 0.05) is 5.56 Å². The van der Waals surface area contributed by atoms with Crippen molar-refractivity contribution in [1.82, 2.24) is 0 Å². The summed E-state index contributed by atoms with van der Waals surface area (Å²) in [5.41, 5.74) is -0.494. The number of ether oxygens (including phenoxy) is 3. The van der Waals surface area contributed by atoms with Crippen molar-refractivity contribution < 1.29 is 27.8 Å². The molecule has 2 saturated carbocycles. The number of carbonyl (C=O) groups is 1. The maximum Gasteiger partial charge on any atom is 0.306 e. The number of benzene rings is 2. The first-order valence-electron chi connectivity index (χ1n) is 11.7. The molecule has 2 aromatic carbocycles. The fourth-order valence-electron chi connectivity index (χ4n) is 4.91. The molecule has 4 nitrogen and oxygen atoms in total. The molecule has 0 spiro atoms. The van der Waals surface area contributed by atoms with Crippen molar-refractivity contribution in [2.24, 2.45) is 11.8 Å². The van der Waals surface area contributed by atoms with Gasteiger partial charge in [0.2, 0.25) is 0 Å². The fourth-order valence-corrected chi connectivity index (χ4v) is 4.91. The maximum atomic E-state index is 15.6. The summed E-state index contributed by atoms with van der Waals surface area (Å²) in [6, 6.07) is 12.2. The van der Waals surface area contributed by atoms with Crippen LogP contribution in [0.3, 0.4) is 0 Å². The number of hydrogen-bond acceptors (Lipinski definition) is 4. The van der Waals surface area contributed by atoms with E-state index in [1.54, 1.807) is 0 Å². The Labute approximate surface area is 194 Å². The van der Waals surface area contributed by atoms with E-state index >= 15 is 4.39 Å². The van der Waals surface area contributed by atoms with Crippen LogP contribution in [-0.2, 0) is 15.2 Å². The van der Waals surface area contributed by atoms with E-state index in [1.165, 1.54) is 32.4 Å². The summed E-state index contributed by atoms with van der Waals surface area (Å²) in [5.74, 6) is 1.39. The second kappa shape index (κ2) is 10.1. The van der Waals surface area contributed by atoms with Crippen LogP contribution in [0.4, 0.5) is 8.78 Å². The number of alkyl halides is 1.